The molecule has 4 N–H and O–H groups in total. The molecule has 1 aromatic rings. The van der Waals surface area contributed by atoms with Crippen molar-refractivity contribution in [2.45, 2.75) is 13.3 Å². The maximum atomic E-state index is 9.10. The summed E-state index contributed by atoms with van der Waals surface area (Å²) >= 11 is 3.36. The highest BCUT2D eigenvalue weighted by Crippen LogP contribution is 2.24. The molecule has 6 heteroatoms. The predicted molar refractivity (Wildman–Crippen MR) is 76.2 cm³/mol. The smallest absolute Gasteiger partial charge is 0.172 e. The van der Waals surface area contributed by atoms with E-state index in [9.17, 15) is 0 Å². The minimum Gasteiger partial charge on any atom is -0.409 e. The van der Waals surface area contributed by atoms with Gasteiger partial charge in [-0.25, -0.2) is 0 Å². The van der Waals surface area contributed by atoms with Crippen LogP contribution >= 0.6 is 15.9 Å². The van der Waals surface area contributed by atoms with Crippen molar-refractivity contribution in [1.29, 1.82) is 0 Å². The van der Waals surface area contributed by atoms with Gasteiger partial charge in [0.05, 0.1) is 6.61 Å². The van der Waals surface area contributed by atoms with Gasteiger partial charge in [-0.3, -0.25) is 0 Å². The Morgan fingerprint density at radius 2 is 2.17 bits per heavy atom. The Kier molecular flexibility index (Phi) is 5.94. The highest BCUT2D eigenvalue weighted by Gasteiger charge is 2.13. The highest BCUT2D eigenvalue weighted by atomic mass is 79.9. The van der Waals surface area contributed by atoms with Crippen LogP contribution in [0.1, 0.15) is 18.9 Å². The lowest BCUT2D eigenvalue weighted by atomic mass is 10.1. The molecular formula is C12H18BrN3O2. The molecule has 1 aromatic carbocycles. The van der Waals surface area contributed by atoms with Gasteiger partial charge in [-0.15, -0.1) is 0 Å². The zero-order chi connectivity index (χ0) is 13.5. The number of hydrogen-bond donors (Lipinski definition) is 3. The van der Waals surface area contributed by atoms with Crippen LogP contribution in [0.2, 0.25) is 0 Å². The van der Waals surface area contributed by atoms with Crippen LogP contribution in [-0.4, -0.2) is 35.8 Å². The fraction of sp³-hybridized carbons (Fsp3) is 0.417. The first kappa shape index (κ1) is 14.8. The van der Waals surface area contributed by atoms with Gasteiger partial charge in [-0.2, -0.15) is 0 Å². The van der Waals surface area contributed by atoms with Crippen LogP contribution in [0.5, 0.6) is 0 Å². The van der Waals surface area contributed by atoms with Gasteiger partial charge in [0.2, 0.25) is 0 Å². The molecule has 0 aliphatic rings. The van der Waals surface area contributed by atoms with E-state index in [1.807, 2.05) is 17.0 Å². The maximum absolute atomic E-state index is 9.10. The minimum absolute atomic E-state index is 0.0605. The van der Waals surface area contributed by atoms with Crippen LogP contribution in [0.25, 0.3) is 0 Å². The average molecular weight is 316 g/mol. The Labute approximate surface area is 115 Å². The molecule has 1 rings (SSSR count). The number of halogens is 1. The Balaban J connectivity index is 3.19. The molecule has 0 heterocycles. The fourth-order valence-electron chi connectivity index (χ4n) is 1.79. The van der Waals surface area contributed by atoms with Crippen molar-refractivity contribution in [3.8, 4) is 0 Å². The van der Waals surface area contributed by atoms with Crippen LogP contribution in [0.15, 0.2) is 27.8 Å². The first-order valence-corrected chi connectivity index (χ1v) is 6.56. The van der Waals surface area contributed by atoms with Gasteiger partial charge in [0, 0.05) is 28.8 Å². The summed E-state index contributed by atoms with van der Waals surface area (Å²) in [6.07, 6.45) is 0.950. The van der Waals surface area contributed by atoms with Crippen molar-refractivity contribution in [3.05, 3.63) is 28.2 Å². The summed E-state index contributed by atoms with van der Waals surface area (Å²) in [4.78, 5) is 2.01. The van der Waals surface area contributed by atoms with Crippen molar-refractivity contribution in [2.75, 3.05) is 24.6 Å². The Hall–Kier alpha value is -1.27. The van der Waals surface area contributed by atoms with Crippen LogP contribution in [0, 0.1) is 0 Å². The number of amidine groups is 1. The number of oxime groups is 1. The molecule has 0 aliphatic heterocycles. The number of rotatable bonds is 6. The first-order chi connectivity index (χ1) is 8.63. The molecular weight excluding hydrogens is 298 g/mol. The number of nitrogens with two attached hydrogens (primary N) is 1. The quantitative estimate of drug-likeness (QED) is 0.323. The van der Waals surface area contributed by atoms with E-state index >= 15 is 0 Å². The zero-order valence-corrected chi connectivity index (χ0v) is 11.9. The molecule has 5 nitrogen and oxygen atoms in total. The van der Waals surface area contributed by atoms with Gasteiger partial charge in [0.1, 0.15) is 0 Å². The second kappa shape index (κ2) is 7.23. The van der Waals surface area contributed by atoms with Gasteiger partial charge >= 0.3 is 0 Å². The number of benzene rings is 1. The Morgan fingerprint density at radius 1 is 1.44 bits per heavy atom. The largest absolute Gasteiger partial charge is 0.409 e. The SMILES string of the molecule is CCCN(CCO)c1ccc(Br)cc1/C(N)=N/O. The number of anilines is 1. The number of hydrogen-bond acceptors (Lipinski definition) is 4. The van der Waals surface area contributed by atoms with Crippen LogP contribution in [0.4, 0.5) is 5.69 Å². The highest BCUT2D eigenvalue weighted by molar-refractivity contribution is 9.10. The summed E-state index contributed by atoms with van der Waals surface area (Å²) in [7, 11) is 0. The van der Waals surface area contributed by atoms with E-state index in [0.717, 1.165) is 23.1 Å². The van der Waals surface area contributed by atoms with Crippen LogP contribution in [-0.2, 0) is 0 Å². The fourth-order valence-corrected chi connectivity index (χ4v) is 2.15. The van der Waals surface area contributed by atoms with E-state index in [1.165, 1.54) is 0 Å². The topological polar surface area (TPSA) is 82.1 Å². The van der Waals surface area contributed by atoms with E-state index in [4.69, 9.17) is 16.0 Å². The summed E-state index contributed by atoms with van der Waals surface area (Å²) in [6.45, 7) is 3.44. The van der Waals surface area contributed by atoms with E-state index < -0.39 is 0 Å². The number of aliphatic hydroxyl groups excluding tert-OH is 1. The van der Waals surface area contributed by atoms with Gasteiger partial charge < -0.3 is 20.9 Å². The standard InChI is InChI=1S/C12H18BrN3O2/c1-2-5-16(6-7-17)11-4-3-9(13)8-10(11)12(14)15-18/h3-4,8,17-18H,2,5-7H2,1H3,(H2,14,15). The lowest BCUT2D eigenvalue weighted by molar-refractivity contribution is 0.302. The van der Waals surface area contributed by atoms with Crippen molar-refractivity contribution in [1.82, 2.24) is 0 Å². The molecule has 0 saturated heterocycles. The van der Waals surface area contributed by atoms with E-state index in [1.54, 1.807) is 6.07 Å². The van der Waals surface area contributed by atoms with E-state index in [-0.39, 0.29) is 12.4 Å². The molecule has 0 saturated carbocycles. The average Bonchev–Trinajstić information content (AvgIpc) is 2.37. The lowest BCUT2D eigenvalue weighted by Crippen LogP contribution is -2.30. The third kappa shape index (κ3) is 3.61. The third-order valence-corrected chi connectivity index (χ3v) is 3.04. The Morgan fingerprint density at radius 3 is 2.72 bits per heavy atom. The summed E-state index contributed by atoms with van der Waals surface area (Å²) in [5, 5.41) is 21.0. The normalized spacial score (nSPS) is 11.6. The maximum Gasteiger partial charge on any atom is 0.172 e. The van der Waals surface area contributed by atoms with Gasteiger partial charge in [-0.05, 0) is 24.6 Å². The lowest BCUT2D eigenvalue weighted by Gasteiger charge is -2.25. The molecule has 0 bridgehead atoms. The first-order valence-electron chi connectivity index (χ1n) is 5.77. The molecule has 0 unspecified atom stereocenters. The van der Waals surface area contributed by atoms with Gasteiger partial charge in [0.15, 0.2) is 5.84 Å². The Bertz CT molecular complexity index is 418. The minimum atomic E-state index is 0.0605. The summed E-state index contributed by atoms with van der Waals surface area (Å²) < 4.78 is 0.855. The summed E-state index contributed by atoms with van der Waals surface area (Å²) in [6, 6.07) is 5.58. The van der Waals surface area contributed by atoms with Crippen molar-refractivity contribution < 1.29 is 10.3 Å². The monoisotopic (exact) mass is 315 g/mol. The molecule has 0 amide bonds. The second-order valence-electron chi connectivity index (χ2n) is 3.86. The van der Waals surface area contributed by atoms with Gasteiger partial charge in [-0.1, -0.05) is 28.0 Å². The van der Waals surface area contributed by atoms with Gasteiger partial charge in [0.25, 0.3) is 0 Å². The number of aliphatic hydroxyl groups is 1. The van der Waals surface area contributed by atoms with Crippen LogP contribution < -0.4 is 10.6 Å². The van der Waals surface area contributed by atoms with E-state index in [2.05, 4.69) is 28.0 Å². The van der Waals surface area contributed by atoms with Crippen molar-refractivity contribution >= 4 is 27.5 Å². The molecule has 0 fully saturated rings. The molecule has 18 heavy (non-hydrogen) atoms. The van der Waals surface area contributed by atoms with E-state index in [0.29, 0.717) is 12.1 Å². The molecule has 0 aromatic heterocycles. The molecule has 0 spiro atoms. The summed E-state index contributed by atoms with van der Waals surface area (Å²) in [5.74, 6) is 0.0605. The van der Waals surface area contributed by atoms with Crippen LogP contribution in [0.3, 0.4) is 0 Å². The molecule has 0 radical (unpaired) electrons. The molecule has 0 aliphatic carbocycles. The predicted octanol–water partition coefficient (Wildman–Crippen LogP) is 1.75. The summed E-state index contributed by atoms with van der Waals surface area (Å²) in [5.41, 5.74) is 7.18. The molecule has 0 atom stereocenters. The number of nitrogens with zero attached hydrogens (tertiary/aromatic N) is 2. The zero-order valence-electron chi connectivity index (χ0n) is 10.3. The van der Waals surface area contributed by atoms with Crippen molar-refractivity contribution in [3.63, 3.8) is 0 Å². The second-order valence-corrected chi connectivity index (χ2v) is 4.77. The molecule has 100 valence electrons. The third-order valence-electron chi connectivity index (χ3n) is 2.55. The van der Waals surface area contributed by atoms with Crippen molar-refractivity contribution in [2.24, 2.45) is 10.9 Å².